The molecule has 0 radical (unpaired) electrons. The minimum atomic E-state index is 0.0811. The van der Waals surface area contributed by atoms with Crippen molar-refractivity contribution in [3.05, 3.63) is 57.8 Å². The van der Waals surface area contributed by atoms with Gasteiger partial charge in [-0.1, -0.05) is 28.1 Å². The Kier molecular flexibility index (Phi) is 4.56. The molecule has 1 aromatic heterocycles. The lowest BCUT2D eigenvalue weighted by Crippen LogP contribution is -2.18. The molecule has 0 aliphatic heterocycles. The van der Waals surface area contributed by atoms with Crippen LogP contribution < -0.4 is 10.1 Å². The molecule has 0 saturated heterocycles. The third kappa shape index (κ3) is 3.14. The molecule has 1 heterocycles. The standard InChI is InChI=1S/C15H17BrN2O/c1-10-4-5-13(14(16)6-10)15(17-2)11-7-12(19-3)9-18-8-11/h4-9,15,17H,1-3H3. The lowest BCUT2D eigenvalue weighted by molar-refractivity contribution is 0.411. The summed E-state index contributed by atoms with van der Waals surface area (Å²) in [6, 6.07) is 8.43. The molecule has 2 rings (SSSR count). The Morgan fingerprint density at radius 1 is 1.26 bits per heavy atom. The lowest BCUT2D eigenvalue weighted by atomic mass is 9.99. The fourth-order valence-corrected chi connectivity index (χ4v) is 2.80. The first kappa shape index (κ1) is 14.0. The molecule has 0 bridgehead atoms. The molecule has 0 spiro atoms. The second kappa shape index (κ2) is 6.17. The van der Waals surface area contributed by atoms with Crippen LogP contribution >= 0.6 is 15.9 Å². The minimum Gasteiger partial charge on any atom is -0.495 e. The van der Waals surface area contributed by atoms with Gasteiger partial charge in [0.1, 0.15) is 5.75 Å². The van der Waals surface area contributed by atoms with Crippen molar-refractivity contribution < 1.29 is 4.74 Å². The van der Waals surface area contributed by atoms with Crippen molar-refractivity contribution >= 4 is 15.9 Å². The van der Waals surface area contributed by atoms with E-state index in [-0.39, 0.29) is 6.04 Å². The molecule has 0 aliphatic carbocycles. The predicted octanol–water partition coefficient (Wildman–Crippen LogP) is 3.47. The molecule has 3 nitrogen and oxygen atoms in total. The van der Waals surface area contributed by atoms with Crippen LogP contribution in [0.25, 0.3) is 0 Å². The van der Waals surface area contributed by atoms with Crippen LogP contribution in [0.5, 0.6) is 5.75 Å². The average Bonchev–Trinajstić information content (AvgIpc) is 2.42. The van der Waals surface area contributed by atoms with Gasteiger partial charge in [-0.25, -0.2) is 0 Å². The molecule has 1 unspecified atom stereocenters. The molecular weight excluding hydrogens is 304 g/mol. The monoisotopic (exact) mass is 320 g/mol. The number of halogens is 1. The molecular formula is C15H17BrN2O. The first-order valence-corrected chi connectivity index (χ1v) is 6.87. The second-order valence-electron chi connectivity index (χ2n) is 4.40. The first-order chi connectivity index (χ1) is 9.15. The van der Waals surface area contributed by atoms with Crippen LogP contribution in [-0.4, -0.2) is 19.1 Å². The summed E-state index contributed by atoms with van der Waals surface area (Å²) in [5, 5.41) is 3.32. The fourth-order valence-electron chi connectivity index (χ4n) is 2.07. The van der Waals surface area contributed by atoms with Crippen molar-refractivity contribution in [1.29, 1.82) is 0 Å². The smallest absolute Gasteiger partial charge is 0.137 e. The van der Waals surface area contributed by atoms with Gasteiger partial charge in [0.25, 0.3) is 0 Å². The van der Waals surface area contributed by atoms with E-state index in [1.54, 1.807) is 13.3 Å². The zero-order valence-corrected chi connectivity index (χ0v) is 12.9. The SMILES string of the molecule is CNC(c1cncc(OC)c1)c1ccc(C)cc1Br. The number of ether oxygens (including phenoxy) is 1. The number of hydrogen-bond acceptors (Lipinski definition) is 3. The zero-order chi connectivity index (χ0) is 13.8. The maximum Gasteiger partial charge on any atom is 0.137 e. The summed E-state index contributed by atoms with van der Waals surface area (Å²) >= 11 is 3.63. The molecule has 0 amide bonds. The topological polar surface area (TPSA) is 34.2 Å². The Morgan fingerprint density at radius 3 is 2.68 bits per heavy atom. The number of benzene rings is 1. The van der Waals surface area contributed by atoms with E-state index < -0.39 is 0 Å². The van der Waals surface area contributed by atoms with Crippen LogP contribution in [0.3, 0.4) is 0 Å². The van der Waals surface area contributed by atoms with Crippen LogP contribution in [-0.2, 0) is 0 Å². The van der Waals surface area contributed by atoms with E-state index in [1.165, 1.54) is 11.1 Å². The van der Waals surface area contributed by atoms with Gasteiger partial charge in [0.15, 0.2) is 0 Å². The highest BCUT2D eigenvalue weighted by molar-refractivity contribution is 9.10. The number of hydrogen-bond donors (Lipinski definition) is 1. The predicted molar refractivity (Wildman–Crippen MR) is 80.6 cm³/mol. The van der Waals surface area contributed by atoms with Gasteiger partial charge in [0.2, 0.25) is 0 Å². The zero-order valence-electron chi connectivity index (χ0n) is 11.3. The number of rotatable bonds is 4. The quantitative estimate of drug-likeness (QED) is 0.936. The van der Waals surface area contributed by atoms with E-state index in [1.807, 2.05) is 19.3 Å². The molecule has 19 heavy (non-hydrogen) atoms. The Morgan fingerprint density at radius 2 is 2.05 bits per heavy atom. The van der Waals surface area contributed by atoms with E-state index in [4.69, 9.17) is 4.74 Å². The van der Waals surface area contributed by atoms with Crippen molar-refractivity contribution in [3.8, 4) is 5.75 Å². The molecule has 2 aromatic rings. The van der Waals surface area contributed by atoms with E-state index in [0.717, 1.165) is 15.8 Å². The summed E-state index contributed by atoms with van der Waals surface area (Å²) in [4.78, 5) is 4.22. The van der Waals surface area contributed by atoms with Gasteiger partial charge in [0, 0.05) is 10.7 Å². The Bertz CT molecular complexity index is 572. The van der Waals surface area contributed by atoms with Gasteiger partial charge in [-0.05, 0) is 42.8 Å². The average molecular weight is 321 g/mol. The maximum absolute atomic E-state index is 5.23. The van der Waals surface area contributed by atoms with Crippen molar-refractivity contribution in [2.45, 2.75) is 13.0 Å². The van der Waals surface area contributed by atoms with Gasteiger partial charge < -0.3 is 10.1 Å². The highest BCUT2D eigenvalue weighted by atomic mass is 79.9. The van der Waals surface area contributed by atoms with E-state index in [9.17, 15) is 0 Å². The van der Waals surface area contributed by atoms with Crippen LogP contribution in [0.15, 0.2) is 41.1 Å². The number of nitrogens with zero attached hydrogens (tertiary/aromatic N) is 1. The largest absolute Gasteiger partial charge is 0.495 e. The maximum atomic E-state index is 5.23. The molecule has 1 aromatic carbocycles. The third-order valence-electron chi connectivity index (χ3n) is 3.06. The van der Waals surface area contributed by atoms with E-state index in [0.29, 0.717) is 0 Å². The van der Waals surface area contributed by atoms with Crippen LogP contribution in [0, 0.1) is 6.92 Å². The van der Waals surface area contributed by atoms with Crippen LogP contribution in [0.2, 0.25) is 0 Å². The van der Waals surface area contributed by atoms with E-state index in [2.05, 4.69) is 51.4 Å². The Balaban J connectivity index is 2.43. The molecule has 0 fully saturated rings. The van der Waals surface area contributed by atoms with Crippen molar-refractivity contribution in [2.24, 2.45) is 0 Å². The molecule has 100 valence electrons. The Hall–Kier alpha value is -1.39. The summed E-state index contributed by atoms with van der Waals surface area (Å²) in [6.07, 6.45) is 3.57. The van der Waals surface area contributed by atoms with Crippen LogP contribution in [0.1, 0.15) is 22.7 Å². The number of aromatic nitrogens is 1. The summed E-state index contributed by atoms with van der Waals surface area (Å²) in [6.45, 7) is 2.08. The number of methoxy groups -OCH3 is 1. The summed E-state index contributed by atoms with van der Waals surface area (Å²) in [5.41, 5.74) is 3.49. The number of pyridine rings is 1. The van der Waals surface area contributed by atoms with Gasteiger partial charge in [0.05, 0.1) is 19.3 Å². The second-order valence-corrected chi connectivity index (χ2v) is 5.26. The van der Waals surface area contributed by atoms with Crippen LogP contribution in [0.4, 0.5) is 0 Å². The Labute approximate surface area is 122 Å². The molecule has 4 heteroatoms. The number of aryl methyl sites for hydroxylation is 1. The van der Waals surface area contributed by atoms with Crippen molar-refractivity contribution in [1.82, 2.24) is 10.3 Å². The molecule has 0 saturated carbocycles. The van der Waals surface area contributed by atoms with E-state index >= 15 is 0 Å². The third-order valence-corrected chi connectivity index (χ3v) is 3.75. The fraction of sp³-hybridized carbons (Fsp3) is 0.267. The normalized spacial score (nSPS) is 12.2. The highest BCUT2D eigenvalue weighted by Gasteiger charge is 2.15. The molecule has 0 aliphatic rings. The van der Waals surface area contributed by atoms with Gasteiger partial charge in [-0.15, -0.1) is 0 Å². The summed E-state index contributed by atoms with van der Waals surface area (Å²) < 4.78 is 6.33. The molecule has 1 atom stereocenters. The minimum absolute atomic E-state index is 0.0811. The number of nitrogens with one attached hydrogen (secondary N) is 1. The van der Waals surface area contributed by atoms with Gasteiger partial charge in [-0.2, -0.15) is 0 Å². The first-order valence-electron chi connectivity index (χ1n) is 6.08. The van der Waals surface area contributed by atoms with Crippen molar-refractivity contribution in [3.63, 3.8) is 0 Å². The molecule has 1 N–H and O–H groups in total. The summed E-state index contributed by atoms with van der Waals surface area (Å²) in [5.74, 6) is 0.765. The van der Waals surface area contributed by atoms with Gasteiger partial charge >= 0.3 is 0 Å². The highest BCUT2D eigenvalue weighted by Crippen LogP contribution is 2.30. The lowest BCUT2D eigenvalue weighted by Gasteiger charge is -2.19. The van der Waals surface area contributed by atoms with Gasteiger partial charge in [-0.3, -0.25) is 4.98 Å². The summed E-state index contributed by atoms with van der Waals surface area (Å²) in [7, 11) is 3.59. The van der Waals surface area contributed by atoms with Crippen molar-refractivity contribution in [2.75, 3.05) is 14.2 Å².